The molecule has 0 bridgehead atoms. The molecule has 2 rings (SSSR count). The minimum atomic E-state index is 0.989. The van der Waals surface area contributed by atoms with Crippen molar-refractivity contribution in [2.45, 2.75) is 26.8 Å². The highest BCUT2D eigenvalue weighted by atomic mass is 15.0. The van der Waals surface area contributed by atoms with Gasteiger partial charge in [0.1, 0.15) is 0 Å². The lowest BCUT2D eigenvalue weighted by molar-refractivity contribution is 0.660. The van der Waals surface area contributed by atoms with Gasteiger partial charge in [0.2, 0.25) is 0 Å². The second-order valence-corrected chi connectivity index (χ2v) is 4.33. The molecule has 0 radical (unpaired) electrons. The van der Waals surface area contributed by atoms with Crippen molar-refractivity contribution in [2.24, 2.45) is 0 Å². The number of nitrogens with zero attached hydrogens (tertiary/aromatic N) is 2. The highest BCUT2D eigenvalue weighted by molar-refractivity contribution is 5.53. The van der Waals surface area contributed by atoms with Crippen molar-refractivity contribution in [2.75, 3.05) is 11.9 Å². The lowest BCUT2D eigenvalue weighted by Gasteiger charge is -2.11. The summed E-state index contributed by atoms with van der Waals surface area (Å²) in [5.74, 6) is 0. The zero-order valence-corrected chi connectivity index (χ0v) is 10.5. The summed E-state index contributed by atoms with van der Waals surface area (Å²) in [6, 6.07) is 6.38. The molecule has 0 saturated heterocycles. The first-order chi connectivity index (χ1) is 8.27. The SMILES string of the molecule is Cc1cccc(NCCCn2ccnc2)c1C. The number of nitrogens with one attached hydrogen (secondary N) is 1. The fourth-order valence-electron chi connectivity index (χ4n) is 1.85. The summed E-state index contributed by atoms with van der Waals surface area (Å²) in [4.78, 5) is 4.03. The molecule has 0 aliphatic heterocycles. The quantitative estimate of drug-likeness (QED) is 0.799. The number of hydrogen-bond donors (Lipinski definition) is 1. The predicted molar refractivity (Wildman–Crippen MR) is 71.2 cm³/mol. The minimum absolute atomic E-state index is 0.989. The molecule has 0 aliphatic carbocycles. The van der Waals surface area contributed by atoms with E-state index in [4.69, 9.17) is 0 Å². The fraction of sp³-hybridized carbons (Fsp3) is 0.357. The molecule has 1 N–H and O–H groups in total. The van der Waals surface area contributed by atoms with E-state index in [-0.39, 0.29) is 0 Å². The molecule has 0 amide bonds. The van der Waals surface area contributed by atoms with Crippen LogP contribution in [0.4, 0.5) is 5.69 Å². The van der Waals surface area contributed by atoms with E-state index in [1.54, 1.807) is 0 Å². The van der Waals surface area contributed by atoms with E-state index in [9.17, 15) is 0 Å². The number of rotatable bonds is 5. The maximum Gasteiger partial charge on any atom is 0.0945 e. The highest BCUT2D eigenvalue weighted by Crippen LogP contribution is 2.17. The Morgan fingerprint density at radius 3 is 2.94 bits per heavy atom. The zero-order chi connectivity index (χ0) is 12.1. The van der Waals surface area contributed by atoms with Gasteiger partial charge in [0.15, 0.2) is 0 Å². The number of anilines is 1. The smallest absolute Gasteiger partial charge is 0.0945 e. The van der Waals surface area contributed by atoms with Crippen LogP contribution >= 0.6 is 0 Å². The monoisotopic (exact) mass is 229 g/mol. The third kappa shape index (κ3) is 3.09. The van der Waals surface area contributed by atoms with Crippen LogP contribution in [-0.4, -0.2) is 16.1 Å². The van der Waals surface area contributed by atoms with Crippen molar-refractivity contribution in [3.8, 4) is 0 Å². The lowest BCUT2D eigenvalue weighted by Crippen LogP contribution is -2.07. The third-order valence-corrected chi connectivity index (χ3v) is 3.07. The van der Waals surface area contributed by atoms with E-state index in [2.05, 4.69) is 46.9 Å². The van der Waals surface area contributed by atoms with E-state index in [0.29, 0.717) is 0 Å². The molecule has 1 heterocycles. The Balaban J connectivity index is 1.80. The molecule has 0 atom stereocenters. The fourth-order valence-corrected chi connectivity index (χ4v) is 1.85. The molecular formula is C14H19N3. The van der Waals surface area contributed by atoms with Gasteiger partial charge in [-0.3, -0.25) is 0 Å². The number of hydrogen-bond acceptors (Lipinski definition) is 2. The summed E-state index contributed by atoms with van der Waals surface area (Å²) < 4.78 is 2.10. The third-order valence-electron chi connectivity index (χ3n) is 3.07. The number of aryl methyl sites for hydroxylation is 2. The van der Waals surface area contributed by atoms with E-state index in [1.165, 1.54) is 16.8 Å². The van der Waals surface area contributed by atoms with Gasteiger partial charge in [0.05, 0.1) is 6.33 Å². The van der Waals surface area contributed by atoms with Crippen LogP contribution in [0.15, 0.2) is 36.9 Å². The zero-order valence-electron chi connectivity index (χ0n) is 10.5. The summed E-state index contributed by atoms with van der Waals surface area (Å²) >= 11 is 0. The van der Waals surface area contributed by atoms with Crippen LogP contribution in [0.3, 0.4) is 0 Å². The van der Waals surface area contributed by atoms with Gasteiger partial charge in [0.25, 0.3) is 0 Å². The summed E-state index contributed by atoms with van der Waals surface area (Å²) in [5.41, 5.74) is 3.93. The first-order valence-corrected chi connectivity index (χ1v) is 6.03. The van der Waals surface area contributed by atoms with Crippen LogP contribution in [0.5, 0.6) is 0 Å². The van der Waals surface area contributed by atoms with Crippen molar-refractivity contribution < 1.29 is 0 Å². The number of imidazole rings is 1. The number of benzene rings is 1. The maximum absolute atomic E-state index is 4.03. The molecule has 0 spiro atoms. The van der Waals surface area contributed by atoms with Crippen LogP contribution in [0.2, 0.25) is 0 Å². The van der Waals surface area contributed by atoms with E-state index in [0.717, 1.165) is 19.5 Å². The topological polar surface area (TPSA) is 29.9 Å². The first-order valence-electron chi connectivity index (χ1n) is 6.03. The van der Waals surface area contributed by atoms with Gasteiger partial charge in [-0.25, -0.2) is 4.98 Å². The van der Waals surface area contributed by atoms with Crippen molar-refractivity contribution in [3.05, 3.63) is 48.0 Å². The summed E-state index contributed by atoms with van der Waals surface area (Å²) in [6.07, 6.45) is 6.78. The molecule has 2 aromatic rings. The molecule has 0 unspecified atom stereocenters. The molecular weight excluding hydrogens is 210 g/mol. The van der Waals surface area contributed by atoms with Gasteiger partial charge < -0.3 is 9.88 Å². The average molecular weight is 229 g/mol. The molecule has 90 valence electrons. The van der Waals surface area contributed by atoms with Crippen LogP contribution in [-0.2, 0) is 6.54 Å². The summed E-state index contributed by atoms with van der Waals surface area (Å²) in [5, 5.41) is 3.48. The molecule has 17 heavy (non-hydrogen) atoms. The maximum atomic E-state index is 4.03. The van der Waals surface area contributed by atoms with Crippen LogP contribution in [0.25, 0.3) is 0 Å². The molecule has 3 heteroatoms. The lowest BCUT2D eigenvalue weighted by atomic mass is 10.1. The van der Waals surface area contributed by atoms with Gasteiger partial charge in [-0.05, 0) is 37.5 Å². The first kappa shape index (κ1) is 11.7. The molecule has 1 aromatic heterocycles. The molecule has 0 fully saturated rings. The Kier molecular flexibility index (Phi) is 3.81. The van der Waals surface area contributed by atoms with Crippen molar-refractivity contribution >= 4 is 5.69 Å². The van der Waals surface area contributed by atoms with E-state index in [1.807, 2.05) is 18.7 Å². The summed E-state index contributed by atoms with van der Waals surface area (Å²) in [7, 11) is 0. The standard InChI is InChI=1S/C14H19N3/c1-12-5-3-6-14(13(12)2)16-7-4-9-17-10-8-15-11-17/h3,5-6,8,10-11,16H,4,7,9H2,1-2H3. The molecule has 0 aliphatic rings. The Morgan fingerprint density at radius 2 is 2.18 bits per heavy atom. The van der Waals surface area contributed by atoms with Crippen molar-refractivity contribution in [1.82, 2.24) is 9.55 Å². The average Bonchev–Trinajstić information content (AvgIpc) is 2.83. The van der Waals surface area contributed by atoms with E-state index >= 15 is 0 Å². The number of aromatic nitrogens is 2. The Hall–Kier alpha value is -1.77. The summed E-state index contributed by atoms with van der Waals surface area (Å²) in [6.45, 7) is 6.31. The normalized spacial score (nSPS) is 10.5. The van der Waals surface area contributed by atoms with Gasteiger partial charge in [-0.1, -0.05) is 12.1 Å². The highest BCUT2D eigenvalue weighted by Gasteiger charge is 1.99. The van der Waals surface area contributed by atoms with Gasteiger partial charge >= 0.3 is 0 Å². The molecule has 1 aromatic carbocycles. The second-order valence-electron chi connectivity index (χ2n) is 4.33. The van der Waals surface area contributed by atoms with Gasteiger partial charge in [-0.2, -0.15) is 0 Å². The second kappa shape index (κ2) is 5.53. The van der Waals surface area contributed by atoms with Crippen molar-refractivity contribution in [1.29, 1.82) is 0 Å². The van der Waals surface area contributed by atoms with Gasteiger partial charge in [-0.15, -0.1) is 0 Å². The van der Waals surface area contributed by atoms with Crippen LogP contribution in [0, 0.1) is 13.8 Å². The molecule has 3 nitrogen and oxygen atoms in total. The largest absolute Gasteiger partial charge is 0.385 e. The molecule has 0 saturated carbocycles. The van der Waals surface area contributed by atoms with Crippen LogP contribution in [0.1, 0.15) is 17.5 Å². The predicted octanol–water partition coefficient (Wildman–Crippen LogP) is 3.00. The Morgan fingerprint density at radius 1 is 1.29 bits per heavy atom. The Labute approximate surface area is 103 Å². The minimum Gasteiger partial charge on any atom is -0.385 e. The van der Waals surface area contributed by atoms with Crippen LogP contribution < -0.4 is 5.32 Å². The van der Waals surface area contributed by atoms with E-state index < -0.39 is 0 Å². The van der Waals surface area contributed by atoms with Gasteiger partial charge in [0, 0.05) is 31.2 Å². The van der Waals surface area contributed by atoms with Crippen molar-refractivity contribution in [3.63, 3.8) is 0 Å². The Bertz CT molecular complexity index is 460.